The van der Waals surface area contributed by atoms with Gasteiger partial charge in [-0.3, -0.25) is 9.79 Å². The molecule has 2 aromatic carbocycles. The lowest BCUT2D eigenvalue weighted by Crippen LogP contribution is -2.42. The van der Waals surface area contributed by atoms with Crippen molar-refractivity contribution in [2.24, 2.45) is 4.99 Å². The lowest BCUT2D eigenvalue weighted by Gasteiger charge is -2.22. The Morgan fingerprint density at radius 1 is 1.11 bits per heavy atom. The summed E-state index contributed by atoms with van der Waals surface area (Å²) < 4.78 is 5.17. The van der Waals surface area contributed by atoms with Crippen molar-refractivity contribution in [3.05, 3.63) is 64.7 Å². The van der Waals surface area contributed by atoms with Crippen molar-refractivity contribution in [3.8, 4) is 5.75 Å². The zero-order valence-corrected chi connectivity index (χ0v) is 19.3. The van der Waals surface area contributed by atoms with Crippen LogP contribution >= 0.6 is 35.6 Å². The van der Waals surface area contributed by atoms with Crippen molar-refractivity contribution < 1.29 is 9.53 Å². The fourth-order valence-corrected chi connectivity index (χ4v) is 2.78. The van der Waals surface area contributed by atoms with Crippen LogP contribution in [0.3, 0.4) is 0 Å². The largest absolute Gasteiger partial charge is 0.497 e. The first-order valence-electron chi connectivity index (χ1n) is 8.62. The molecule has 0 saturated heterocycles. The Hall–Kier alpha value is -2.00. The van der Waals surface area contributed by atoms with Crippen LogP contribution in [0.2, 0.25) is 5.02 Å². The van der Waals surface area contributed by atoms with E-state index in [1.54, 1.807) is 38.4 Å². The highest BCUT2D eigenvalue weighted by atomic mass is 127. The number of hydrogen-bond acceptors (Lipinski definition) is 3. The van der Waals surface area contributed by atoms with Crippen LogP contribution in [0.15, 0.2) is 53.5 Å². The summed E-state index contributed by atoms with van der Waals surface area (Å²) in [7, 11) is 5.34. The molecule has 2 aromatic rings. The van der Waals surface area contributed by atoms with Gasteiger partial charge < -0.3 is 20.3 Å². The predicted octanol–water partition coefficient (Wildman–Crippen LogP) is 3.40. The summed E-state index contributed by atoms with van der Waals surface area (Å²) in [6.45, 7) is 1.71. The van der Waals surface area contributed by atoms with E-state index >= 15 is 0 Å². The summed E-state index contributed by atoms with van der Waals surface area (Å²) in [6.07, 6.45) is 0. The van der Waals surface area contributed by atoms with Crippen LogP contribution in [-0.2, 0) is 6.54 Å². The Labute approximate surface area is 188 Å². The monoisotopic (exact) mass is 516 g/mol. The van der Waals surface area contributed by atoms with Crippen molar-refractivity contribution in [1.82, 2.24) is 15.5 Å². The molecular weight excluding hydrogens is 491 g/mol. The highest BCUT2D eigenvalue weighted by Crippen LogP contribution is 2.14. The summed E-state index contributed by atoms with van der Waals surface area (Å²) in [5, 5.41) is 6.53. The van der Waals surface area contributed by atoms with Crippen molar-refractivity contribution in [3.63, 3.8) is 0 Å². The molecule has 0 spiro atoms. The van der Waals surface area contributed by atoms with E-state index in [1.807, 2.05) is 36.2 Å². The van der Waals surface area contributed by atoms with Gasteiger partial charge in [0.1, 0.15) is 5.75 Å². The molecule has 0 atom stereocenters. The first kappa shape index (κ1) is 24.0. The maximum atomic E-state index is 12.1. The van der Waals surface area contributed by atoms with Crippen molar-refractivity contribution >= 4 is 47.4 Å². The maximum Gasteiger partial charge on any atom is 0.252 e. The highest BCUT2D eigenvalue weighted by Gasteiger charge is 2.10. The van der Waals surface area contributed by atoms with Crippen molar-refractivity contribution in [2.45, 2.75) is 6.54 Å². The second kappa shape index (κ2) is 12.5. The number of nitrogens with one attached hydrogen (secondary N) is 2. The smallest absolute Gasteiger partial charge is 0.252 e. The van der Waals surface area contributed by atoms with Gasteiger partial charge in [0, 0.05) is 33.7 Å². The summed E-state index contributed by atoms with van der Waals surface area (Å²) in [5.74, 6) is 1.39. The number of carbonyl (C=O) groups excluding carboxylic acids is 1. The maximum absolute atomic E-state index is 12.1. The van der Waals surface area contributed by atoms with E-state index in [-0.39, 0.29) is 29.9 Å². The zero-order chi connectivity index (χ0) is 19.6. The topological polar surface area (TPSA) is 66.0 Å². The molecule has 0 radical (unpaired) electrons. The average Bonchev–Trinajstić information content (AvgIpc) is 2.68. The predicted molar refractivity (Wildman–Crippen MR) is 125 cm³/mol. The Balaban J connectivity index is 0.00000392. The molecule has 0 heterocycles. The molecule has 0 aromatic heterocycles. The molecule has 0 bridgehead atoms. The molecule has 152 valence electrons. The zero-order valence-electron chi connectivity index (χ0n) is 16.2. The van der Waals surface area contributed by atoms with Crippen LogP contribution in [0.25, 0.3) is 0 Å². The molecule has 8 heteroatoms. The second-order valence-electron chi connectivity index (χ2n) is 5.91. The van der Waals surface area contributed by atoms with E-state index in [0.29, 0.717) is 30.2 Å². The molecule has 2 rings (SSSR count). The van der Waals surface area contributed by atoms with E-state index in [4.69, 9.17) is 16.3 Å². The van der Waals surface area contributed by atoms with Gasteiger partial charge in [0.15, 0.2) is 5.96 Å². The summed E-state index contributed by atoms with van der Waals surface area (Å²) in [4.78, 5) is 18.4. The Bertz CT molecular complexity index is 784. The van der Waals surface area contributed by atoms with Gasteiger partial charge in [0.25, 0.3) is 5.91 Å². The second-order valence-corrected chi connectivity index (χ2v) is 6.32. The Morgan fingerprint density at radius 2 is 1.75 bits per heavy atom. The fourth-order valence-electron chi connectivity index (χ4n) is 2.56. The molecular formula is C20H26ClIN4O2. The van der Waals surface area contributed by atoms with Crippen LogP contribution in [0.4, 0.5) is 0 Å². The van der Waals surface area contributed by atoms with Crippen LogP contribution < -0.4 is 15.4 Å². The normalized spacial score (nSPS) is 10.6. The molecule has 0 saturated carbocycles. The number of guanidine groups is 1. The minimum absolute atomic E-state index is 0. The minimum Gasteiger partial charge on any atom is -0.497 e. The van der Waals surface area contributed by atoms with E-state index in [9.17, 15) is 4.79 Å². The number of nitrogens with zero attached hydrogens (tertiary/aromatic N) is 2. The van der Waals surface area contributed by atoms with Gasteiger partial charge in [-0.2, -0.15) is 0 Å². The summed E-state index contributed by atoms with van der Waals surface area (Å²) in [5.41, 5.74) is 1.62. The average molecular weight is 517 g/mol. The number of benzene rings is 2. The molecule has 0 aliphatic heterocycles. The number of methoxy groups -OCH3 is 1. The Morgan fingerprint density at radius 3 is 2.36 bits per heavy atom. The van der Waals surface area contributed by atoms with Gasteiger partial charge in [0.05, 0.1) is 17.7 Å². The highest BCUT2D eigenvalue weighted by molar-refractivity contribution is 14.0. The number of hydrogen-bond donors (Lipinski definition) is 2. The quantitative estimate of drug-likeness (QED) is 0.256. The number of halogens is 2. The van der Waals surface area contributed by atoms with Gasteiger partial charge >= 0.3 is 0 Å². The van der Waals surface area contributed by atoms with Gasteiger partial charge in [-0.15, -0.1) is 24.0 Å². The number of ether oxygens (including phenoxy) is 1. The minimum atomic E-state index is -0.191. The number of carbonyl (C=O) groups is 1. The van der Waals surface area contributed by atoms with E-state index in [0.717, 1.165) is 17.3 Å². The van der Waals surface area contributed by atoms with Crippen molar-refractivity contribution in [1.29, 1.82) is 0 Å². The first-order valence-corrected chi connectivity index (χ1v) is 9.00. The molecule has 0 fully saturated rings. The van der Waals surface area contributed by atoms with E-state index < -0.39 is 0 Å². The summed E-state index contributed by atoms with van der Waals surface area (Å²) >= 11 is 6.03. The van der Waals surface area contributed by atoms with Gasteiger partial charge in [-0.1, -0.05) is 35.9 Å². The first-order chi connectivity index (χ1) is 13.0. The van der Waals surface area contributed by atoms with Gasteiger partial charge in [-0.05, 0) is 29.8 Å². The SMILES string of the molecule is CN=C(NCCNC(=O)c1ccccc1Cl)N(C)Cc1ccc(OC)cc1.I. The lowest BCUT2D eigenvalue weighted by molar-refractivity contribution is 0.0954. The third kappa shape index (κ3) is 7.20. The van der Waals surface area contributed by atoms with Crippen molar-refractivity contribution in [2.75, 3.05) is 34.3 Å². The lowest BCUT2D eigenvalue weighted by atomic mass is 10.2. The third-order valence-corrected chi connectivity index (χ3v) is 4.29. The van der Waals surface area contributed by atoms with E-state index in [2.05, 4.69) is 15.6 Å². The molecule has 0 unspecified atom stereocenters. The molecule has 0 aliphatic rings. The molecule has 1 amide bonds. The van der Waals surface area contributed by atoms with Crippen LogP contribution in [0.5, 0.6) is 5.75 Å². The number of aliphatic imine (C=N–C) groups is 1. The van der Waals surface area contributed by atoms with Crippen LogP contribution in [0, 0.1) is 0 Å². The van der Waals surface area contributed by atoms with E-state index in [1.165, 1.54) is 0 Å². The number of rotatable bonds is 7. The molecule has 28 heavy (non-hydrogen) atoms. The molecule has 2 N–H and O–H groups in total. The van der Waals surface area contributed by atoms with Crippen LogP contribution in [-0.4, -0.2) is 51.1 Å². The molecule has 0 aliphatic carbocycles. The van der Waals surface area contributed by atoms with Gasteiger partial charge in [-0.25, -0.2) is 0 Å². The Kier molecular flexibility index (Phi) is 10.7. The van der Waals surface area contributed by atoms with Crippen LogP contribution in [0.1, 0.15) is 15.9 Å². The molecule has 6 nitrogen and oxygen atoms in total. The van der Waals surface area contributed by atoms with Gasteiger partial charge in [0.2, 0.25) is 0 Å². The standard InChI is InChI=1S/C20H25ClN4O2.HI/c1-22-20(25(2)14-15-8-10-16(27-3)11-9-15)24-13-12-23-19(26)17-6-4-5-7-18(17)21;/h4-11H,12-14H2,1-3H3,(H,22,24)(H,23,26);1H. The fraction of sp³-hybridized carbons (Fsp3) is 0.300. The third-order valence-electron chi connectivity index (χ3n) is 3.96. The number of amides is 1. The summed E-state index contributed by atoms with van der Waals surface area (Å²) in [6, 6.07) is 14.9.